The minimum atomic E-state index is -0.218. The van der Waals surface area contributed by atoms with Crippen LogP contribution >= 0.6 is 23.1 Å². The van der Waals surface area contributed by atoms with Crippen molar-refractivity contribution in [1.82, 2.24) is 20.2 Å². The first-order valence-electron chi connectivity index (χ1n) is 7.26. The van der Waals surface area contributed by atoms with Gasteiger partial charge >= 0.3 is 0 Å². The Labute approximate surface area is 150 Å². The van der Waals surface area contributed by atoms with E-state index in [1.807, 2.05) is 30.3 Å². The van der Waals surface area contributed by atoms with Crippen molar-refractivity contribution in [3.63, 3.8) is 0 Å². The molecule has 0 saturated carbocycles. The smallest absolute Gasteiger partial charge is 0.235 e. The van der Waals surface area contributed by atoms with E-state index in [9.17, 15) is 4.79 Å². The fourth-order valence-corrected chi connectivity index (χ4v) is 3.69. The van der Waals surface area contributed by atoms with E-state index in [0.29, 0.717) is 26.9 Å². The molecule has 4 rings (SSSR count). The lowest BCUT2D eigenvalue weighted by Gasteiger charge is -2.02. The number of rotatable bonds is 4. The third-order valence-corrected chi connectivity index (χ3v) is 5.14. The molecule has 0 atom stereocenters. The van der Waals surface area contributed by atoms with Crippen LogP contribution in [0.25, 0.3) is 22.1 Å². The second-order valence-corrected chi connectivity index (χ2v) is 6.93. The molecule has 4 aromatic rings. The maximum Gasteiger partial charge on any atom is 0.235 e. The van der Waals surface area contributed by atoms with Crippen LogP contribution < -0.4 is 5.32 Å². The van der Waals surface area contributed by atoms with Crippen molar-refractivity contribution in [3.8, 4) is 6.07 Å². The Hall–Kier alpha value is -2.96. The van der Waals surface area contributed by atoms with Gasteiger partial charge in [0.15, 0.2) is 5.65 Å². The molecule has 0 fully saturated rings. The van der Waals surface area contributed by atoms with Crippen LogP contribution in [-0.2, 0) is 4.79 Å². The molecular formula is C16H10N6OS2. The first kappa shape index (κ1) is 15.6. The summed E-state index contributed by atoms with van der Waals surface area (Å²) >= 11 is 2.51. The fraction of sp³-hybridized carbons (Fsp3) is 0.0625. The van der Waals surface area contributed by atoms with Crippen molar-refractivity contribution >= 4 is 56.1 Å². The largest absolute Gasteiger partial charge is 0.338 e. The van der Waals surface area contributed by atoms with Gasteiger partial charge in [-0.05, 0) is 17.5 Å². The number of aromatic nitrogens is 4. The molecule has 1 aromatic carbocycles. The quantitative estimate of drug-likeness (QED) is 0.537. The predicted octanol–water partition coefficient (Wildman–Crippen LogP) is 3.17. The molecule has 9 heteroatoms. The number of hydrogen-bond donors (Lipinski definition) is 2. The third kappa shape index (κ3) is 3.05. The molecular weight excluding hydrogens is 356 g/mol. The average molecular weight is 366 g/mol. The second kappa shape index (κ2) is 6.51. The zero-order valence-corrected chi connectivity index (χ0v) is 14.3. The zero-order valence-electron chi connectivity index (χ0n) is 12.7. The van der Waals surface area contributed by atoms with E-state index in [2.05, 4.69) is 25.5 Å². The molecule has 3 heterocycles. The van der Waals surface area contributed by atoms with E-state index in [1.54, 1.807) is 11.4 Å². The molecule has 0 spiro atoms. The molecule has 0 radical (unpaired) electrons. The monoisotopic (exact) mass is 366 g/mol. The molecule has 0 bridgehead atoms. The number of nitrogens with zero attached hydrogens (tertiary/aromatic N) is 4. The summed E-state index contributed by atoms with van der Waals surface area (Å²) in [5.41, 5.74) is 2.76. The average Bonchev–Trinajstić information content (AvgIpc) is 3.23. The number of nitriles is 1. The number of carbonyl (C=O) groups excluding carboxylic acids is 1. The van der Waals surface area contributed by atoms with Gasteiger partial charge in [0.25, 0.3) is 0 Å². The van der Waals surface area contributed by atoms with Crippen LogP contribution in [0.2, 0.25) is 0 Å². The Balaban J connectivity index is 1.48. The van der Waals surface area contributed by atoms with Gasteiger partial charge in [-0.1, -0.05) is 30.0 Å². The van der Waals surface area contributed by atoms with Gasteiger partial charge in [-0.3, -0.25) is 4.79 Å². The standard InChI is InChI=1S/C16H10N6OS2/c17-7-9-5-6-24-15(9)19-12(23)8-25-16-20-14-13(21-22-16)10-3-1-2-4-11(10)18-14/h1-6H,8H2,(H,19,23)(H,18,20,22). The lowest BCUT2D eigenvalue weighted by molar-refractivity contribution is -0.113. The van der Waals surface area contributed by atoms with Crippen LogP contribution in [0.1, 0.15) is 5.56 Å². The Morgan fingerprint density at radius 1 is 1.32 bits per heavy atom. The number of thiophene rings is 1. The van der Waals surface area contributed by atoms with Crippen LogP contribution in [-0.4, -0.2) is 31.8 Å². The third-order valence-electron chi connectivity index (χ3n) is 3.47. The SMILES string of the molecule is N#Cc1ccsc1NC(=O)CSc1nnc2c(n1)[nH]c1ccccc12. The number of thioether (sulfide) groups is 1. The first-order valence-corrected chi connectivity index (χ1v) is 9.12. The van der Waals surface area contributed by atoms with E-state index in [0.717, 1.165) is 10.9 Å². The summed E-state index contributed by atoms with van der Waals surface area (Å²) in [6.45, 7) is 0. The summed E-state index contributed by atoms with van der Waals surface area (Å²) < 4.78 is 0. The molecule has 0 aliphatic heterocycles. The van der Waals surface area contributed by atoms with Gasteiger partial charge in [-0.25, -0.2) is 4.98 Å². The molecule has 1 amide bonds. The number of H-pyrrole nitrogens is 1. The fourth-order valence-electron chi connectivity index (χ4n) is 2.35. The highest BCUT2D eigenvalue weighted by Crippen LogP contribution is 2.24. The number of para-hydroxylation sites is 1. The van der Waals surface area contributed by atoms with Gasteiger partial charge < -0.3 is 10.3 Å². The highest BCUT2D eigenvalue weighted by molar-refractivity contribution is 7.99. The molecule has 0 unspecified atom stereocenters. The van der Waals surface area contributed by atoms with Crippen molar-refractivity contribution < 1.29 is 4.79 Å². The molecule has 3 aromatic heterocycles. The lowest BCUT2D eigenvalue weighted by atomic mass is 10.2. The topological polar surface area (TPSA) is 107 Å². The van der Waals surface area contributed by atoms with Crippen molar-refractivity contribution in [2.45, 2.75) is 5.16 Å². The van der Waals surface area contributed by atoms with Gasteiger partial charge in [0.2, 0.25) is 11.1 Å². The van der Waals surface area contributed by atoms with Gasteiger partial charge in [0.1, 0.15) is 16.6 Å². The van der Waals surface area contributed by atoms with E-state index < -0.39 is 0 Å². The molecule has 25 heavy (non-hydrogen) atoms. The Bertz CT molecular complexity index is 1130. The number of benzene rings is 1. The van der Waals surface area contributed by atoms with Gasteiger partial charge in [-0.15, -0.1) is 21.5 Å². The van der Waals surface area contributed by atoms with Crippen molar-refractivity contribution in [2.24, 2.45) is 0 Å². The summed E-state index contributed by atoms with van der Waals surface area (Å²) in [5, 5.41) is 23.7. The summed E-state index contributed by atoms with van der Waals surface area (Å²) in [6, 6.07) is 11.5. The summed E-state index contributed by atoms with van der Waals surface area (Å²) in [6.07, 6.45) is 0. The molecule has 7 nitrogen and oxygen atoms in total. The van der Waals surface area contributed by atoms with E-state index in [-0.39, 0.29) is 11.7 Å². The minimum Gasteiger partial charge on any atom is -0.338 e. The number of aromatic amines is 1. The van der Waals surface area contributed by atoms with Crippen molar-refractivity contribution in [2.75, 3.05) is 11.1 Å². The van der Waals surface area contributed by atoms with Gasteiger partial charge in [0.05, 0.1) is 11.3 Å². The number of anilines is 1. The maximum atomic E-state index is 12.0. The number of fused-ring (bicyclic) bond motifs is 3. The second-order valence-electron chi connectivity index (χ2n) is 5.07. The van der Waals surface area contributed by atoms with Gasteiger partial charge in [0, 0.05) is 10.9 Å². The molecule has 122 valence electrons. The predicted molar refractivity (Wildman–Crippen MR) is 97.6 cm³/mol. The van der Waals surface area contributed by atoms with Crippen LogP contribution in [0, 0.1) is 11.3 Å². The van der Waals surface area contributed by atoms with E-state index in [1.165, 1.54) is 23.1 Å². The highest BCUT2D eigenvalue weighted by atomic mass is 32.2. The number of nitrogens with one attached hydrogen (secondary N) is 2. The van der Waals surface area contributed by atoms with Crippen molar-refractivity contribution in [3.05, 3.63) is 41.3 Å². The van der Waals surface area contributed by atoms with Crippen LogP contribution in [0.5, 0.6) is 0 Å². The number of hydrogen-bond acceptors (Lipinski definition) is 7. The Morgan fingerprint density at radius 2 is 2.20 bits per heavy atom. The first-order chi connectivity index (χ1) is 12.2. The maximum absolute atomic E-state index is 12.0. The minimum absolute atomic E-state index is 0.135. The normalized spacial score (nSPS) is 10.8. The van der Waals surface area contributed by atoms with Crippen LogP contribution in [0.3, 0.4) is 0 Å². The Kier molecular flexibility index (Phi) is 4.05. The van der Waals surface area contributed by atoms with E-state index in [4.69, 9.17) is 5.26 Å². The molecule has 0 aliphatic rings. The van der Waals surface area contributed by atoms with E-state index >= 15 is 0 Å². The number of carbonyl (C=O) groups is 1. The van der Waals surface area contributed by atoms with Crippen LogP contribution in [0.4, 0.5) is 5.00 Å². The summed E-state index contributed by atoms with van der Waals surface area (Å²) in [5.74, 6) is -0.0831. The molecule has 2 N–H and O–H groups in total. The lowest BCUT2D eigenvalue weighted by Crippen LogP contribution is -2.14. The Morgan fingerprint density at radius 3 is 3.08 bits per heavy atom. The van der Waals surface area contributed by atoms with Crippen molar-refractivity contribution in [1.29, 1.82) is 5.26 Å². The molecule has 0 aliphatic carbocycles. The summed E-state index contributed by atoms with van der Waals surface area (Å²) in [4.78, 5) is 19.7. The summed E-state index contributed by atoms with van der Waals surface area (Å²) in [7, 11) is 0. The number of amides is 1. The van der Waals surface area contributed by atoms with Crippen LogP contribution in [0.15, 0.2) is 40.9 Å². The highest BCUT2D eigenvalue weighted by Gasteiger charge is 2.12. The zero-order chi connectivity index (χ0) is 17.2. The molecule has 0 saturated heterocycles. The van der Waals surface area contributed by atoms with Gasteiger partial charge in [-0.2, -0.15) is 5.26 Å².